The zero-order valence-corrected chi connectivity index (χ0v) is 15.3. The van der Waals surface area contributed by atoms with E-state index < -0.39 is 5.25 Å². The number of pyridine rings is 1. The third-order valence-electron chi connectivity index (χ3n) is 3.53. The van der Waals surface area contributed by atoms with E-state index >= 15 is 0 Å². The fraction of sp³-hybridized carbons (Fsp3) is 0.222. The molecule has 0 aliphatic heterocycles. The maximum absolute atomic E-state index is 12.5. The van der Waals surface area contributed by atoms with Gasteiger partial charge in [0.2, 0.25) is 5.91 Å². The predicted octanol–water partition coefficient (Wildman–Crippen LogP) is 2.84. The van der Waals surface area contributed by atoms with Gasteiger partial charge >= 0.3 is 0 Å². The summed E-state index contributed by atoms with van der Waals surface area (Å²) in [6.07, 6.45) is 0. The number of anilines is 2. The van der Waals surface area contributed by atoms with Gasteiger partial charge in [-0.25, -0.2) is 4.98 Å². The van der Waals surface area contributed by atoms with Crippen molar-refractivity contribution in [1.29, 1.82) is 10.5 Å². The summed E-state index contributed by atoms with van der Waals surface area (Å²) in [4.78, 5) is 16.6. The van der Waals surface area contributed by atoms with Gasteiger partial charge in [0.1, 0.15) is 28.7 Å². The van der Waals surface area contributed by atoms with Crippen molar-refractivity contribution in [3.8, 4) is 17.9 Å². The Morgan fingerprint density at radius 1 is 1.31 bits per heavy atom. The summed E-state index contributed by atoms with van der Waals surface area (Å²) in [5.74, 6) is 0.314. The number of nitriles is 2. The number of aryl methyl sites for hydroxylation is 1. The minimum absolute atomic E-state index is 0.0296. The lowest BCUT2D eigenvalue weighted by Gasteiger charge is -2.15. The molecule has 2 aromatic rings. The molecule has 0 bridgehead atoms. The van der Waals surface area contributed by atoms with Crippen molar-refractivity contribution < 1.29 is 9.53 Å². The average molecular weight is 367 g/mol. The predicted molar refractivity (Wildman–Crippen MR) is 99.8 cm³/mol. The summed E-state index contributed by atoms with van der Waals surface area (Å²) in [5.41, 5.74) is 7.59. The lowest BCUT2D eigenvalue weighted by atomic mass is 10.2. The number of thioether (sulfide) groups is 1. The number of carbonyl (C=O) groups excluding carboxylic acids is 1. The van der Waals surface area contributed by atoms with E-state index in [1.165, 1.54) is 13.2 Å². The van der Waals surface area contributed by atoms with Crippen LogP contribution < -0.4 is 15.8 Å². The van der Waals surface area contributed by atoms with Crippen LogP contribution in [0.3, 0.4) is 0 Å². The van der Waals surface area contributed by atoms with Crippen LogP contribution in [-0.4, -0.2) is 23.3 Å². The number of hydrogen-bond donors (Lipinski definition) is 2. The minimum Gasteiger partial charge on any atom is -0.495 e. The zero-order valence-electron chi connectivity index (χ0n) is 14.5. The van der Waals surface area contributed by atoms with Gasteiger partial charge in [-0.1, -0.05) is 17.8 Å². The first kappa shape index (κ1) is 19.1. The summed E-state index contributed by atoms with van der Waals surface area (Å²) in [6, 6.07) is 10.7. The van der Waals surface area contributed by atoms with Gasteiger partial charge < -0.3 is 15.8 Å². The van der Waals surface area contributed by atoms with E-state index in [1.807, 2.05) is 31.2 Å². The molecule has 0 saturated carbocycles. The number of hydrogen-bond acceptors (Lipinski definition) is 7. The molecular weight excluding hydrogens is 350 g/mol. The minimum atomic E-state index is -0.549. The van der Waals surface area contributed by atoms with Crippen LogP contribution in [0.4, 0.5) is 11.5 Å². The van der Waals surface area contributed by atoms with E-state index in [0.29, 0.717) is 16.5 Å². The van der Waals surface area contributed by atoms with Gasteiger partial charge in [-0.2, -0.15) is 10.5 Å². The van der Waals surface area contributed by atoms with E-state index in [4.69, 9.17) is 15.7 Å². The van der Waals surface area contributed by atoms with Crippen LogP contribution >= 0.6 is 11.8 Å². The van der Waals surface area contributed by atoms with Crippen LogP contribution in [0.5, 0.6) is 5.75 Å². The van der Waals surface area contributed by atoms with Crippen molar-refractivity contribution in [3.05, 3.63) is 41.0 Å². The molecule has 0 unspecified atom stereocenters. The van der Waals surface area contributed by atoms with Crippen LogP contribution in [0.25, 0.3) is 0 Å². The van der Waals surface area contributed by atoms with Gasteiger partial charge in [-0.05, 0) is 37.6 Å². The number of aromatic nitrogens is 1. The van der Waals surface area contributed by atoms with Crippen molar-refractivity contribution >= 4 is 29.2 Å². The highest BCUT2D eigenvalue weighted by Gasteiger charge is 2.20. The summed E-state index contributed by atoms with van der Waals surface area (Å²) in [5, 5.41) is 20.8. The van der Waals surface area contributed by atoms with Gasteiger partial charge in [0, 0.05) is 0 Å². The topological polar surface area (TPSA) is 125 Å². The molecule has 0 saturated heterocycles. The molecule has 1 atom stereocenters. The number of rotatable bonds is 5. The Labute approximate surface area is 155 Å². The maximum atomic E-state index is 12.5. The number of ether oxygens (including phenoxy) is 1. The summed E-state index contributed by atoms with van der Waals surface area (Å²) < 4.78 is 5.25. The second kappa shape index (κ2) is 8.24. The third kappa shape index (κ3) is 4.24. The molecule has 0 fully saturated rings. The SMILES string of the molecule is COc1ccc(C)cc1NC(=O)[C@@H](C)Sc1nc(N)c(C#N)cc1C#N. The molecule has 0 aliphatic rings. The third-order valence-corrected chi connectivity index (χ3v) is 4.63. The molecule has 1 amide bonds. The molecule has 0 radical (unpaired) electrons. The summed E-state index contributed by atoms with van der Waals surface area (Å²) in [7, 11) is 1.53. The Bertz CT molecular complexity index is 930. The first-order valence-corrected chi connectivity index (χ1v) is 8.50. The summed E-state index contributed by atoms with van der Waals surface area (Å²) in [6.45, 7) is 3.61. The molecule has 1 heterocycles. The normalized spacial score (nSPS) is 11.1. The highest BCUT2D eigenvalue weighted by atomic mass is 32.2. The van der Waals surface area contributed by atoms with E-state index in [2.05, 4.69) is 10.3 Å². The second-order valence-electron chi connectivity index (χ2n) is 5.45. The van der Waals surface area contributed by atoms with Gasteiger partial charge in [0.15, 0.2) is 0 Å². The molecule has 2 rings (SSSR count). The van der Waals surface area contributed by atoms with Crippen molar-refractivity contribution in [2.75, 3.05) is 18.2 Å². The number of benzene rings is 1. The lowest BCUT2D eigenvalue weighted by Crippen LogP contribution is -2.23. The van der Waals surface area contributed by atoms with Crippen molar-refractivity contribution in [2.45, 2.75) is 24.1 Å². The second-order valence-corrected chi connectivity index (χ2v) is 6.78. The Balaban J connectivity index is 2.21. The van der Waals surface area contributed by atoms with Crippen LogP contribution in [0.15, 0.2) is 29.3 Å². The molecular formula is C18H17N5O2S. The van der Waals surface area contributed by atoms with Gasteiger partial charge in [-0.3, -0.25) is 4.79 Å². The van der Waals surface area contributed by atoms with Crippen LogP contribution in [0.2, 0.25) is 0 Å². The molecule has 132 valence electrons. The maximum Gasteiger partial charge on any atom is 0.237 e. The highest BCUT2D eigenvalue weighted by Crippen LogP contribution is 2.30. The monoisotopic (exact) mass is 367 g/mol. The number of nitrogens with zero attached hydrogens (tertiary/aromatic N) is 3. The lowest BCUT2D eigenvalue weighted by molar-refractivity contribution is -0.115. The zero-order chi connectivity index (χ0) is 19.3. The van der Waals surface area contributed by atoms with Gasteiger partial charge in [0.05, 0.1) is 29.2 Å². The Morgan fingerprint density at radius 3 is 2.62 bits per heavy atom. The Hall–Kier alpha value is -3.23. The quantitative estimate of drug-likeness (QED) is 0.778. The molecule has 3 N–H and O–H groups in total. The molecule has 1 aromatic carbocycles. The van der Waals surface area contributed by atoms with Crippen molar-refractivity contribution in [2.24, 2.45) is 0 Å². The Kier molecular flexibility index (Phi) is 6.05. The number of nitrogens with one attached hydrogen (secondary N) is 1. The fourth-order valence-electron chi connectivity index (χ4n) is 2.14. The van der Waals surface area contributed by atoms with Crippen LogP contribution in [-0.2, 0) is 4.79 Å². The van der Waals surface area contributed by atoms with Crippen molar-refractivity contribution in [3.63, 3.8) is 0 Å². The molecule has 0 aliphatic carbocycles. The first-order valence-electron chi connectivity index (χ1n) is 7.62. The fourth-order valence-corrected chi connectivity index (χ4v) is 3.03. The largest absolute Gasteiger partial charge is 0.495 e. The molecule has 8 heteroatoms. The molecule has 0 spiro atoms. The van der Waals surface area contributed by atoms with Crippen LogP contribution in [0.1, 0.15) is 23.6 Å². The number of methoxy groups -OCH3 is 1. The number of amides is 1. The smallest absolute Gasteiger partial charge is 0.237 e. The summed E-state index contributed by atoms with van der Waals surface area (Å²) >= 11 is 1.10. The van der Waals surface area contributed by atoms with Gasteiger partial charge in [-0.15, -0.1) is 0 Å². The Morgan fingerprint density at radius 2 is 2.00 bits per heavy atom. The highest BCUT2D eigenvalue weighted by molar-refractivity contribution is 8.00. The number of nitrogens with two attached hydrogens (primary N) is 1. The van der Waals surface area contributed by atoms with E-state index in [9.17, 15) is 10.1 Å². The van der Waals surface area contributed by atoms with Crippen molar-refractivity contribution in [1.82, 2.24) is 4.98 Å². The van der Waals surface area contributed by atoms with Crippen LogP contribution in [0, 0.1) is 29.6 Å². The first-order chi connectivity index (χ1) is 12.4. The van der Waals surface area contributed by atoms with E-state index in [0.717, 1.165) is 17.3 Å². The molecule has 26 heavy (non-hydrogen) atoms. The molecule has 7 nitrogen and oxygen atoms in total. The standard InChI is InChI=1S/C18H17N5O2S/c1-10-4-5-15(25-3)14(6-10)22-17(24)11(2)26-18-13(9-20)7-12(8-19)16(21)23-18/h4-7,11H,1-3H3,(H2,21,23)(H,22,24)/t11-/m1/s1. The van der Waals surface area contributed by atoms with E-state index in [1.54, 1.807) is 13.0 Å². The number of nitrogen functional groups attached to an aromatic ring is 1. The number of carbonyl (C=O) groups is 1. The van der Waals surface area contributed by atoms with Gasteiger partial charge in [0.25, 0.3) is 0 Å². The van der Waals surface area contributed by atoms with E-state index in [-0.39, 0.29) is 22.9 Å². The average Bonchev–Trinajstić information content (AvgIpc) is 2.62. The molecule has 1 aromatic heterocycles.